The Morgan fingerprint density at radius 3 is 2.59 bits per heavy atom. The van der Waals surface area contributed by atoms with Gasteiger partial charge in [0.2, 0.25) is 6.79 Å². The third-order valence-electron chi connectivity index (χ3n) is 6.30. The number of hydrogen-bond donors (Lipinski definition) is 2. The van der Waals surface area contributed by atoms with E-state index in [1.165, 1.54) is 5.56 Å². The second-order valence-corrected chi connectivity index (χ2v) is 8.26. The van der Waals surface area contributed by atoms with Crippen molar-refractivity contribution in [3.63, 3.8) is 0 Å². The molecule has 32 heavy (non-hydrogen) atoms. The number of halogens is 2. The maximum Gasteiger partial charge on any atom is 0.231 e. The average molecular weight is 555 g/mol. The van der Waals surface area contributed by atoms with Crippen molar-refractivity contribution < 1.29 is 18.6 Å². The quantitative estimate of drug-likeness (QED) is 0.324. The van der Waals surface area contributed by atoms with Gasteiger partial charge in [0.1, 0.15) is 5.82 Å². The van der Waals surface area contributed by atoms with E-state index in [0.29, 0.717) is 31.3 Å². The van der Waals surface area contributed by atoms with E-state index in [1.54, 1.807) is 26.1 Å². The summed E-state index contributed by atoms with van der Waals surface area (Å²) in [6.45, 7) is 6.15. The molecule has 2 aromatic carbocycles. The van der Waals surface area contributed by atoms with Gasteiger partial charge in [-0.3, -0.25) is 4.99 Å². The Morgan fingerprint density at radius 2 is 1.88 bits per heavy atom. The second kappa shape index (κ2) is 10.7. The molecule has 0 amide bonds. The summed E-state index contributed by atoms with van der Waals surface area (Å²) in [7, 11) is 1.75. The highest BCUT2D eigenvalue weighted by molar-refractivity contribution is 14.0. The molecular weight excluding hydrogens is 524 g/mol. The fraction of sp³-hybridized carbons (Fsp3) is 0.458. The first-order chi connectivity index (χ1) is 15.0. The van der Waals surface area contributed by atoms with Gasteiger partial charge in [-0.2, -0.15) is 0 Å². The first-order valence-electron chi connectivity index (χ1n) is 10.7. The van der Waals surface area contributed by atoms with Gasteiger partial charge in [0.15, 0.2) is 17.5 Å². The van der Waals surface area contributed by atoms with Crippen LogP contribution in [0.4, 0.5) is 4.39 Å². The summed E-state index contributed by atoms with van der Waals surface area (Å²) in [5.41, 5.74) is 2.62. The lowest BCUT2D eigenvalue weighted by Crippen LogP contribution is -2.48. The number of aliphatic imine (C=N–C) groups is 1. The molecular formula is C24H31FIN3O3. The van der Waals surface area contributed by atoms with Crippen molar-refractivity contribution in [3.05, 3.63) is 58.9 Å². The fourth-order valence-corrected chi connectivity index (χ4v) is 4.17. The summed E-state index contributed by atoms with van der Waals surface area (Å²) in [6.07, 6.45) is 1.80. The average Bonchev–Trinajstić information content (AvgIpc) is 3.27. The third kappa shape index (κ3) is 5.28. The van der Waals surface area contributed by atoms with E-state index < -0.39 is 0 Å². The molecule has 6 nitrogen and oxygen atoms in total. The minimum absolute atomic E-state index is 0. The Labute approximate surface area is 206 Å². The number of aryl methyl sites for hydroxylation is 1. The topological polar surface area (TPSA) is 64.1 Å². The lowest BCUT2D eigenvalue weighted by atomic mass is 9.74. The summed E-state index contributed by atoms with van der Waals surface area (Å²) in [6, 6.07) is 11.4. The maximum absolute atomic E-state index is 14.0. The predicted molar refractivity (Wildman–Crippen MR) is 134 cm³/mol. The molecule has 0 radical (unpaired) electrons. The zero-order chi connectivity index (χ0) is 21.8. The van der Waals surface area contributed by atoms with Gasteiger partial charge in [-0.15, -0.1) is 24.0 Å². The molecule has 1 saturated heterocycles. The Bertz CT molecular complexity index is 964. The Hall–Kier alpha value is -2.07. The summed E-state index contributed by atoms with van der Waals surface area (Å²) >= 11 is 0. The van der Waals surface area contributed by atoms with Crippen LogP contribution in [0.2, 0.25) is 0 Å². The van der Waals surface area contributed by atoms with Crippen molar-refractivity contribution in [3.8, 4) is 11.5 Å². The molecule has 2 heterocycles. The number of fused-ring (bicyclic) bond motifs is 1. The molecule has 2 aliphatic heterocycles. The number of rotatable bonds is 5. The number of nitrogens with zero attached hydrogens (tertiary/aromatic N) is 1. The Balaban J connectivity index is 0.00000289. The number of benzene rings is 2. The molecule has 1 unspecified atom stereocenters. The van der Waals surface area contributed by atoms with Gasteiger partial charge >= 0.3 is 0 Å². The Morgan fingerprint density at radius 1 is 1.12 bits per heavy atom. The maximum atomic E-state index is 14.0. The van der Waals surface area contributed by atoms with Crippen LogP contribution in [-0.2, 0) is 10.2 Å². The number of nitrogens with one attached hydrogen (secondary N) is 2. The molecule has 4 rings (SSSR count). The van der Waals surface area contributed by atoms with E-state index in [9.17, 15) is 4.39 Å². The van der Waals surface area contributed by atoms with E-state index in [1.807, 2.05) is 19.1 Å². The van der Waals surface area contributed by atoms with Crippen molar-refractivity contribution in [2.24, 2.45) is 4.99 Å². The number of guanidine groups is 1. The minimum atomic E-state index is -0.196. The summed E-state index contributed by atoms with van der Waals surface area (Å²) in [5, 5.41) is 6.87. The van der Waals surface area contributed by atoms with Crippen LogP contribution in [0.15, 0.2) is 41.4 Å². The first-order valence-corrected chi connectivity index (χ1v) is 10.7. The summed E-state index contributed by atoms with van der Waals surface area (Å²) in [5.74, 6) is 2.06. The standard InChI is InChI=1S/C24H30FN3O3.HI/c1-16-4-5-18(12-20(16)25)17(2)28-23(26-3)27-14-24(8-10-29-11-9-24)19-6-7-21-22(13-19)31-15-30-21;/h4-7,12-13,17H,8-11,14-15H2,1-3H3,(H2,26,27,28);1H. The van der Waals surface area contributed by atoms with Crippen LogP contribution in [0.5, 0.6) is 11.5 Å². The van der Waals surface area contributed by atoms with Gasteiger partial charge in [0.25, 0.3) is 0 Å². The molecule has 1 fully saturated rings. The van der Waals surface area contributed by atoms with Gasteiger partial charge in [-0.05, 0) is 61.6 Å². The van der Waals surface area contributed by atoms with Crippen LogP contribution in [0.1, 0.15) is 42.5 Å². The van der Waals surface area contributed by atoms with Crippen molar-refractivity contribution in [1.29, 1.82) is 0 Å². The molecule has 0 aromatic heterocycles. The van der Waals surface area contributed by atoms with Crippen molar-refractivity contribution in [1.82, 2.24) is 10.6 Å². The molecule has 0 bridgehead atoms. The lowest BCUT2D eigenvalue weighted by Gasteiger charge is -2.38. The first kappa shape index (κ1) is 24.6. The van der Waals surface area contributed by atoms with E-state index in [4.69, 9.17) is 14.2 Å². The van der Waals surface area contributed by atoms with E-state index in [0.717, 1.165) is 29.9 Å². The molecule has 1 atom stereocenters. The molecule has 2 aliphatic rings. The van der Waals surface area contributed by atoms with Gasteiger partial charge in [-0.25, -0.2) is 4.39 Å². The van der Waals surface area contributed by atoms with Crippen molar-refractivity contribution in [2.75, 3.05) is 33.6 Å². The molecule has 0 aliphatic carbocycles. The smallest absolute Gasteiger partial charge is 0.231 e. The largest absolute Gasteiger partial charge is 0.454 e. The molecule has 2 aromatic rings. The Kier molecular flexibility index (Phi) is 8.21. The van der Waals surface area contributed by atoms with Crippen LogP contribution < -0.4 is 20.1 Å². The molecule has 0 spiro atoms. The van der Waals surface area contributed by atoms with Gasteiger partial charge in [0.05, 0.1) is 6.04 Å². The SMILES string of the molecule is CN=C(NCC1(c2ccc3c(c2)OCO3)CCOCC1)NC(C)c1ccc(C)c(F)c1.I. The highest BCUT2D eigenvalue weighted by Gasteiger charge is 2.36. The van der Waals surface area contributed by atoms with Crippen LogP contribution in [0, 0.1) is 12.7 Å². The van der Waals surface area contributed by atoms with Gasteiger partial charge < -0.3 is 24.8 Å². The monoisotopic (exact) mass is 555 g/mol. The molecule has 8 heteroatoms. The predicted octanol–water partition coefficient (Wildman–Crippen LogP) is 4.46. The summed E-state index contributed by atoms with van der Waals surface area (Å²) in [4.78, 5) is 4.39. The van der Waals surface area contributed by atoms with Crippen LogP contribution in [0.3, 0.4) is 0 Å². The van der Waals surface area contributed by atoms with Crippen molar-refractivity contribution >= 4 is 29.9 Å². The van der Waals surface area contributed by atoms with Crippen molar-refractivity contribution in [2.45, 2.75) is 38.1 Å². The van der Waals surface area contributed by atoms with Gasteiger partial charge in [-0.1, -0.05) is 18.2 Å². The molecule has 0 saturated carbocycles. The van der Waals surface area contributed by atoms with Crippen LogP contribution in [-0.4, -0.2) is 39.6 Å². The second-order valence-electron chi connectivity index (χ2n) is 8.26. The minimum Gasteiger partial charge on any atom is -0.454 e. The zero-order valence-electron chi connectivity index (χ0n) is 18.7. The third-order valence-corrected chi connectivity index (χ3v) is 6.30. The lowest BCUT2D eigenvalue weighted by molar-refractivity contribution is 0.0513. The van der Waals surface area contributed by atoms with E-state index in [2.05, 4.69) is 27.8 Å². The van der Waals surface area contributed by atoms with Crippen LogP contribution in [0.25, 0.3) is 0 Å². The summed E-state index contributed by atoms with van der Waals surface area (Å²) < 4.78 is 30.7. The number of hydrogen-bond acceptors (Lipinski definition) is 4. The normalized spacial score (nSPS) is 17.9. The van der Waals surface area contributed by atoms with Gasteiger partial charge in [0, 0.05) is 32.2 Å². The zero-order valence-corrected chi connectivity index (χ0v) is 21.1. The van der Waals surface area contributed by atoms with E-state index >= 15 is 0 Å². The number of ether oxygens (including phenoxy) is 3. The highest BCUT2D eigenvalue weighted by atomic mass is 127. The molecule has 174 valence electrons. The fourth-order valence-electron chi connectivity index (χ4n) is 4.17. The van der Waals surface area contributed by atoms with E-state index in [-0.39, 0.29) is 48.0 Å². The van der Waals surface area contributed by atoms with Crippen LogP contribution >= 0.6 is 24.0 Å². The highest BCUT2D eigenvalue weighted by Crippen LogP contribution is 2.40. The molecule has 2 N–H and O–H groups in total.